The van der Waals surface area contributed by atoms with Crippen LogP contribution in [0.5, 0.6) is 0 Å². The first-order valence-corrected chi connectivity index (χ1v) is 7.14. The van der Waals surface area contributed by atoms with Crippen molar-refractivity contribution in [1.82, 2.24) is 5.32 Å². The Balaban J connectivity index is 1.67. The van der Waals surface area contributed by atoms with E-state index in [4.69, 9.17) is 0 Å². The summed E-state index contributed by atoms with van der Waals surface area (Å²) in [5.41, 5.74) is 4.66. The quantitative estimate of drug-likeness (QED) is 0.876. The van der Waals surface area contributed by atoms with E-state index in [0.29, 0.717) is 5.54 Å². The van der Waals surface area contributed by atoms with Gasteiger partial charge in [-0.15, -0.1) is 0 Å². The molecule has 0 saturated heterocycles. The minimum Gasteiger partial charge on any atom is -0.374 e. The molecule has 3 rings (SSSR count). The van der Waals surface area contributed by atoms with Crippen molar-refractivity contribution < 1.29 is 0 Å². The van der Waals surface area contributed by atoms with Crippen molar-refractivity contribution >= 4 is 5.69 Å². The molecule has 18 heavy (non-hydrogen) atoms. The molecule has 0 atom stereocenters. The predicted molar refractivity (Wildman–Crippen MR) is 77.1 cm³/mol. The monoisotopic (exact) mass is 244 g/mol. The van der Waals surface area contributed by atoms with Crippen LogP contribution in [0.2, 0.25) is 0 Å². The van der Waals surface area contributed by atoms with Crippen molar-refractivity contribution in [3.05, 3.63) is 29.3 Å². The van der Waals surface area contributed by atoms with E-state index >= 15 is 0 Å². The number of nitrogens with one attached hydrogen (secondary N) is 1. The van der Waals surface area contributed by atoms with E-state index in [2.05, 4.69) is 49.3 Å². The van der Waals surface area contributed by atoms with Gasteiger partial charge in [0.2, 0.25) is 0 Å². The zero-order valence-corrected chi connectivity index (χ0v) is 11.8. The van der Waals surface area contributed by atoms with Gasteiger partial charge in [-0.25, -0.2) is 0 Å². The van der Waals surface area contributed by atoms with E-state index in [1.165, 1.54) is 42.6 Å². The van der Waals surface area contributed by atoms with Gasteiger partial charge in [0.15, 0.2) is 0 Å². The van der Waals surface area contributed by atoms with Gasteiger partial charge in [0.1, 0.15) is 0 Å². The Morgan fingerprint density at radius 2 is 2.11 bits per heavy atom. The summed E-state index contributed by atoms with van der Waals surface area (Å²) in [5, 5.41) is 3.73. The van der Waals surface area contributed by atoms with Crippen molar-refractivity contribution in [3.63, 3.8) is 0 Å². The molecule has 0 bridgehead atoms. The molecule has 1 heterocycles. The molecule has 1 N–H and O–H groups in total. The molecule has 98 valence electrons. The van der Waals surface area contributed by atoms with Gasteiger partial charge in [0.05, 0.1) is 0 Å². The fraction of sp³-hybridized carbons (Fsp3) is 0.625. The zero-order valence-electron chi connectivity index (χ0n) is 11.8. The average Bonchev–Trinajstić information content (AvgIpc) is 3.14. The second-order valence-electron chi connectivity index (χ2n) is 6.48. The lowest BCUT2D eigenvalue weighted by molar-refractivity contribution is 0.339. The molecule has 1 saturated carbocycles. The van der Waals surface area contributed by atoms with E-state index in [9.17, 15) is 0 Å². The fourth-order valence-corrected chi connectivity index (χ4v) is 3.01. The van der Waals surface area contributed by atoms with Crippen molar-refractivity contribution in [2.75, 3.05) is 18.5 Å². The van der Waals surface area contributed by atoms with Gasteiger partial charge in [-0.3, -0.25) is 0 Å². The molecule has 0 aromatic heterocycles. The van der Waals surface area contributed by atoms with Crippen LogP contribution in [0, 0.1) is 5.92 Å². The fourth-order valence-electron chi connectivity index (χ4n) is 3.01. The van der Waals surface area contributed by atoms with Crippen LogP contribution in [0.15, 0.2) is 18.2 Å². The number of fused-ring (bicyclic) bond motifs is 1. The SMILES string of the molecule is CN1CCc2cc(CNC(C)(C)C3CC3)ccc21. The van der Waals surface area contributed by atoms with Crippen molar-refractivity contribution in [2.24, 2.45) is 5.92 Å². The van der Waals surface area contributed by atoms with Crippen LogP contribution in [0.4, 0.5) is 5.69 Å². The summed E-state index contributed by atoms with van der Waals surface area (Å²) in [6, 6.07) is 6.94. The normalized spacial score (nSPS) is 19.2. The van der Waals surface area contributed by atoms with Gasteiger partial charge < -0.3 is 10.2 Å². The maximum Gasteiger partial charge on any atom is 0.0397 e. The summed E-state index contributed by atoms with van der Waals surface area (Å²) in [5.74, 6) is 0.887. The number of hydrogen-bond donors (Lipinski definition) is 1. The number of benzene rings is 1. The highest BCUT2D eigenvalue weighted by atomic mass is 15.1. The Kier molecular flexibility index (Phi) is 2.86. The van der Waals surface area contributed by atoms with E-state index in [-0.39, 0.29) is 0 Å². The van der Waals surface area contributed by atoms with Crippen LogP contribution in [0.25, 0.3) is 0 Å². The largest absolute Gasteiger partial charge is 0.374 e. The van der Waals surface area contributed by atoms with E-state index in [1.54, 1.807) is 0 Å². The first-order valence-electron chi connectivity index (χ1n) is 7.14. The molecular formula is C16H24N2. The van der Waals surface area contributed by atoms with Crippen LogP contribution < -0.4 is 10.2 Å². The van der Waals surface area contributed by atoms with E-state index < -0.39 is 0 Å². The molecular weight excluding hydrogens is 220 g/mol. The summed E-state index contributed by atoms with van der Waals surface area (Å²) < 4.78 is 0. The van der Waals surface area contributed by atoms with Crippen molar-refractivity contribution in [2.45, 2.75) is 45.2 Å². The molecule has 2 nitrogen and oxygen atoms in total. The van der Waals surface area contributed by atoms with Crippen LogP contribution in [-0.2, 0) is 13.0 Å². The molecule has 0 unspecified atom stereocenters. The third kappa shape index (κ3) is 2.26. The highest BCUT2D eigenvalue weighted by Crippen LogP contribution is 2.39. The summed E-state index contributed by atoms with van der Waals surface area (Å²) in [7, 11) is 2.18. The lowest BCUT2D eigenvalue weighted by Crippen LogP contribution is -2.40. The van der Waals surface area contributed by atoms with Crippen LogP contribution >= 0.6 is 0 Å². The third-order valence-electron chi connectivity index (χ3n) is 4.62. The molecule has 1 aliphatic carbocycles. The maximum absolute atomic E-state index is 3.73. The predicted octanol–water partition coefficient (Wildman–Crippen LogP) is 2.96. The first kappa shape index (κ1) is 12.0. The number of hydrogen-bond acceptors (Lipinski definition) is 2. The Morgan fingerprint density at radius 1 is 1.33 bits per heavy atom. The van der Waals surface area contributed by atoms with Crippen LogP contribution in [0.3, 0.4) is 0 Å². The number of anilines is 1. The number of rotatable bonds is 4. The molecule has 1 aliphatic heterocycles. The topological polar surface area (TPSA) is 15.3 Å². The summed E-state index contributed by atoms with van der Waals surface area (Å²) in [6.45, 7) is 6.85. The van der Waals surface area contributed by atoms with Gasteiger partial charge in [0.25, 0.3) is 0 Å². The second kappa shape index (κ2) is 4.27. The van der Waals surface area contributed by atoms with Crippen molar-refractivity contribution in [1.29, 1.82) is 0 Å². The number of likely N-dealkylation sites (N-methyl/N-ethyl adjacent to an activating group) is 1. The van der Waals surface area contributed by atoms with Gasteiger partial charge in [-0.2, -0.15) is 0 Å². The summed E-state index contributed by atoms with van der Waals surface area (Å²) in [6.07, 6.45) is 4.00. The number of nitrogens with zero attached hydrogens (tertiary/aromatic N) is 1. The van der Waals surface area contributed by atoms with Gasteiger partial charge in [-0.1, -0.05) is 12.1 Å². The standard InChI is InChI=1S/C16H24N2/c1-16(2,14-5-6-14)17-11-12-4-7-15-13(10-12)8-9-18(15)3/h4,7,10,14,17H,5-6,8-9,11H2,1-3H3. The Labute approximate surface area is 110 Å². The summed E-state index contributed by atoms with van der Waals surface area (Å²) in [4.78, 5) is 2.35. The Hall–Kier alpha value is -1.02. The smallest absolute Gasteiger partial charge is 0.0397 e. The molecule has 1 aromatic rings. The molecule has 0 amide bonds. The molecule has 1 fully saturated rings. The van der Waals surface area contributed by atoms with E-state index in [0.717, 1.165) is 12.5 Å². The summed E-state index contributed by atoms with van der Waals surface area (Å²) >= 11 is 0. The van der Waals surface area contributed by atoms with E-state index in [1.807, 2.05) is 0 Å². The van der Waals surface area contributed by atoms with Gasteiger partial charge >= 0.3 is 0 Å². The minimum absolute atomic E-state index is 0.301. The van der Waals surface area contributed by atoms with Gasteiger partial charge in [0, 0.05) is 31.4 Å². The first-order chi connectivity index (χ1) is 8.56. The molecule has 2 heteroatoms. The maximum atomic E-state index is 3.73. The molecule has 0 spiro atoms. The third-order valence-corrected chi connectivity index (χ3v) is 4.62. The van der Waals surface area contributed by atoms with Crippen LogP contribution in [-0.4, -0.2) is 19.1 Å². The lowest BCUT2D eigenvalue weighted by atomic mass is 9.98. The van der Waals surface area contributed by atoms with Gasteiger partial charge in [-0.05, 0) is 56.2 Å². The second-order valence-corrected chi connectivity index (χ2v) is 6.48. The molecule has 2 aliphatic rings. The lowest BCUT2D eigenvalue weighted by Gasteiger charge is -2.26. The zero-order chi connectivity index (χ0) is 12.8. The van der Waals surface area contributed by atoms with Crippen molar-refractivity contribution in [3.8, 4) is 0 Å². The Bertz CT molecular complexity index is 446. The minimum atomic E-state index is 0.301. The molecule has 1 aromatic carbocycles. The van der Waals surface area contributed by atoms with Crippen LogP contribution in [0.1, 0.15) is 37.8 Å². The Morgan fingerprint density at radius 3 is 2.83 bits per heavy atom. The highest BCUT2D eigenvalue weighted by Gasteiger charge is 2.37. The highest BCUT2D eigenvalue weighted by molar-refractivity contribution is 5.58. The average molecular weight is 244 g/mol. The molecule has 0 radical (unpaired) electrons.